The number of carbonyl (C=O) groups is 3. The Morgan fingerprint density at radius 1 is 1.12 bits per heavy atom. The molecule has 3 aromatic rings. The van der Waals surface area contributed by atoms with E-state index in [2.05, 4.69) is 25.6 Å². The van der Waals surface area contributed by atoms with Gasteiger partial charge in [0.15, 0.2) is 11.0 Å². The summed E-state index contributed by atoms with van der Waals surface area (Å²) < 4.78 is 6.41. The van der Waals surface area contributed by atoms with Gasteiger partial charge in [0, 0.05) is 23.3 Å². The predicted octanol–water partition coefficient (Wildman–Crippen LogP) is 3.48. The van der Waals surface area contributed by atoms with Gasteiger partial charge in [-0.05, 0) is 43.3 Å². The number of anilines is 1. The molecule has 172 valence electrons. The third-order valence-corrected chi connectivity index (χ3v) is 5.85. The summed E-state index contributed by atoms with van der Waals surface area (Å²) in [5, 5.41) is 14.9. The lowest BCUT2D eigenvalue weighted by Crippen LogP contribution is -2.28. The highest BCUT2D eigenvalue weighted by molar-refractivity contribution is 7.99. The van der Waals surface area contributed by atoms with Crippen LogP contribution in [0.15, 0.2) is 53.7 Å². The SMILES string of the molecule is COC(=O)c1cccc(NC(=O)CSc2nnc(C(C)NC(=O)c3cccc(Cl)c3)n2C)c1. The molecule has 1 atom stereocenters. The monoisotopic (exact) mass is 487 g/mol. The van der Waals surface area contributed by atoms with Crippen LogP contribution in [-0.2, 0) is 16.6 Å². The van der Waals surface area contributed by atoms with E-state index in [9.17, 15) is 14.4 Å². The van der Waals surface area contributed by atoms with E-state index in [1.54, 1.807) is 67.1 Å². The summed E-state index contributed by atoms with van der Waals surface area (Å²) in [6, 6.07) is 12.7. The number of aromatic nitrogens is 3. The fourth-order valence-electron chi connectivity index (χ4n) is 2.97. The number of methoxy groups -OCH3 is 1. The Morgan fingerprint density at radius 2 is 1.85 bits per heavy atom. The number of carbonyl (C=O) groups excluding carboxylic acids is 3. The molecule has 0 aliphatic rings. The second kappa shape index (κ2) is 11.0. The summed E-state index contributed by atoms with van der Waals surface area (Å²) in [6.45, 7) is 1.79. The number of hydrogen-bond acceptors (Lipinski definition) is 7. The normalized spacial score (nSPS) is 11.5. The molecular formula is C22H22ClN5O4S. The molecule has 0 saturated carbocycles. The van der Waals surface area contributed by atoms with E-state index in [1.165, 1.54) is 18.9 Å². The number of ether oxygens (including phenoxy) is 1. The van der Waals surface area contributed by atoms with Gasteiger partial charge >= 0.3 is 5.97 Å². The maximum absolute atomic E-state index is 12.5. The number of amides is 2. The number of esters is 1. The second-order valence-corrected chi connectivity index (χ2v) is 8.39. The highest BCUT2D eigenvalue weighted by atomic mass is 35.5. The lowest BCUT2D eigenvalue weighted by atomic mass is 10.2. The zero-order valence-electron chi connectivity index (χ0n) is 18.2. The van der Waals surface area contributed by atoms with Crippen molar-refractivity contribution < 1.29 is 19.1 Å². The highest BCUT2D eigenvalue weighted by Crippen LogP contribution is 2.20. The number of nitrogens with one attached hydrogen (secondary N) is 2. The van der Waals surface area contributed by atoms with E-state index in [0.29, 0.717) is 32.8 Å². The molecule has 0 fully saturated rings. The van der Waals surface area contributed by atoms with Crippen LogP contribution in [0.4, 0.5) is 5.69 Å². The Hall–Kier alpha value is -3.37. The molecule has 0 saturated heterocycles. The largest absolute Gasteiger partial charge is 0.465 e. The van der Waals surface area contributed by atoms with Crippen LogP contribution in [0.25, 0.3) is 0 Å². The molecule has 2 amide bonds. The summed E-state index contributed by atoms with van der Waals surface area (Å²) in [6.07, 6.45) is 0. The predicted molar refractivity (Wildman–Crippen MR) is 125 cm³/mol. The van der Waals surface area contributed by atoms with Gasteiger partial charge in [0.05, 0.1) is 24.5 Å². The molecule has 9 nitrogen and oxygen atoms in total. The van der Waals surface area contributed by atoms with Crippen LogP contribution in [0.2, 0.25) is 5.02 Å². The summed E-state index contributed by atoms with van der Waals surface area (Å²) in [5.41, 5.74) is 1.27. The van der Waals surface area contributed by atoms with E-state index < -0.39 is 12.0 Å². The average Bonchev–Trinajstić information content (AvgIpc) is 3.17. The van der Waals surface area contributed by atoms with Gasteiger partial charge < -0.3 is 19.9 Å². The van der Waals surface area contributed by atoms with Crippen LogP contribution in [-0.4, -0.2) is 45.4 Å². The van der Waals surface area contributed by atoms with Crippen LogP contribution < -0.4 is 10.6 Å². The number of rotatable bonds is 8. The fraction of sp³-hybridized carbons (Fsp3) is 0.227. The molecular weight excluding hydrogens is 466 g/mol. The van der Waals surface area contributed by atoms with Crippen molar-refractivity contribution in [3.05, 3.63) is 70.5 Å². The molecule has 0 spiro atoms. The first-order valence-electron chi connectivity index (χ1n) is 9.85. The molecule has 0 aliphatic heterocycles. The Labute approximate surface area is 199 Å². The summed E-state index contributed by atoms with van der Waals surface area (Å²) in [5.74, 6) is -0.412. The number of thioether (sulfide) groups is 1. The van der Waals surface area contributed by atoms with Crippen molar-refractivity contribution in [3.8, 4) is 0 Å². The molecule has 1 heterocycles. The quantitative estimate of drug-likeness (QED) is 0.369. The van der Waals surface area contributed by atoms with Crippen LogP contribution in [0.5, 0.6) is 0 Å². The second-order valence-electron chi connectivity index (χ2n) is 7.01. The van der Waals surface area contributed by atoms with Crippen LogP contribution in [0, 0.1) is 0 Å². The molecule has 3 rings (SSSR count). The lowest BCUT2D eigenvalue weighted by Gasteiger charge is -2.13. The van der Waals surface area contributed by atoms with E-state index in [4.69, 9.17) is 11.6 Å². The van der Waals surface area contributed by atoms with Crippen molar-refractivity contribution in [1.29, 1.82) is 0 Å². The minimum absolute atomic E-state index is 0.0810. The molecule has 33 heavy (non-hydrogen) atoms. The molecule has 11 heteroatoms. The van der Waals surface area contributed by atoms with Gasteiger partial charge in [-0.15, -0.1) is 10.2 Å². The minimum Gasteiger partial charge on any atom is -0.465 e. The van der Waals surface area contributed by atoms with Crippen molar-refractivity contribution in [1.82, 2.24) is 20.1 Å². The van der Waals surface area contributed by atoms with Gasteiger partial charge in [0.2, 0.25) is 5.91 Å². The van der Waals surface area contributed by atoms with Gasteiger partial charge in [-0.2, -0.15) is 0 Å². The Kier molecular flexibility index (Phi) is 8.07. The molecule has 1 aromatic heterocycles. The molecule has 0 aliphatic carbocycles. The number of nitrogens with zero attached hydrogens (tertiary/aromatic N) is 3. The Balaban J connectivity index is 1.58. The third kappa shape index (κ3) is 6.33. The summed E-state index contributed by atoms with van der Waals surface area (Å²) >= 11 is 7.15. The van der Waals surface area contributed by atoms with Crippen LogP contribution in [0.1, 0.15) is 39.5 Å². The number of halogens is 1. The van der Waals surface area contributed by atoms with Gasteiger partial charge in [-0.3, -0.25) is 9.59 Å². The van der Waals surface area contributed by atoms with Crippen LogP contribution >= 0.6 is 23.4 Å². The van der Waals surface area contributed by atoms with Crippen molar-refractivity contribution in [3.63, 3.8) is 0 Å². The maximum Gasteiger partial charge on any atom is 0.337 e. The lowest BCUT2D eigenvalue weighted by molar-refractivity contribution is -0.113. The van der Waals surface area contributed by atoms with Crippen molar-refractivity contribution in [2.45, 2.75) is 18.1 Å². The average molecular weight is 488 g/mol. The van der Waals surface area contributed by atoms with E-state index in [1.807, 2.05) is 0 Å². The third-order valence-electron chi connectivity index (χ3n) is 4.59. The number of hydrogen-bond donors (Lipinski definition) is 2. The zero-order valence-corrected chi connectivity index (χ0v) is 19.7. The highest BCUT2D eigenvalue weighted by Gasteiger charge is 2.19. The topological polar surface area (TPSA) is 115 Å². The van der Waals surface area contributed by atoms with E-state index >= 15 is 0 Å². The standard InChI is InChI=1S/C22H22ClN5O4S/c1-13(24-20(30)14-6-4-8-16(23)10-14)19-26-27-22(28(19)2)33-12-18(29)25-17-9-5-7-15(11-17)21(31)32-3/h4-11,13H,12H2,1-3H3,(H,24,30)(H,25,29). The Bertz CT molecular complexity index is 1180. The molecule has 2 N–H and O–H groups in total. The molecule has 1 unspecified atom stereocenters. The molecule has 0 bridgehead atoms. The summed E-state index contributed by atoms with van der Waals surface area (Å²) in [4.78, 5) is 36.4. The first-order valence-corrected chi connectivity index (χ1v) is 11.2. The van der Waals surface area contributed by atoms with Crippen molar-refractivity contribution in [2.75, 3.05) is 18.2 Å². The smallest absolute Gasteiger partial charge is 0.337 e. The summed E-state index contributed by atoms with van der Waals surface area (Å²) in [7, 11) is 3.06. The maximum atomic E-state index is 12.5. The first-order chi connectivity index (χ1) is 15.8. The minimum atomic E-state index is -0.483. The zero-order chi connectivity index (χ0) is 24.0. The van der Waals surface area contributed by atoms with Crippen molar-refractivity contribution in [2.24, 2.45) is 7.05 Å². The fourth-order valence-corrected chi connectivity index (χ4v) is 3.88. The van der Waals surface area contributed by atoms with Gasteiger partial charge in [-0.25, -0.2) is 4.79 Å². The van der Waals surface area contributed by atoms with Crippen molar-refractivity contribution >= 4 is 46.8 Å². The van der Waals surface area contributed by atoms with Gasteiger partial charge in [-0.1, -0.05) is 35.5 Å². The van der Waals surface area contributed by atoms with Gasteiger partial charge in [0.1, 0.15) is 0 Å². The van der Waals surface area contributed by atoms with Crippen LogP contribution in [0.3, 0.4) is 0 Å². The molecule has 2 aromatic carbocycles. The van der Waals surface area contributed by atoms with Gasteiger partial charge in [0.25, 0.3) is 5.91 Å². The number of benzene rings is 2. The van der Waals surface area contributed by atoms with E-state index in [-0.39, 0.29) is 17.6 Å². The molecule has 0 radical (unpaired) electrons. The Morgan fingerprint density at radius 3 is 2.58 bits per heavy atom. The first kappa shape index (κ1) is 24.3. The van der Waals surface area contributed by atoms with E-state index in [0.717, 1.165) is 0 Å².